The summed E-state index contributed by atoms with van der Waals surface area (Å²) in [6.45, 7) is 2.09. The van der Waals surface area contributed by atoms with E-state index in [2.05, 4.69) is 24.4 Å². The van der Waals surface area contributed by atoms with Gasteiger partial charge in [-0.25, -0.2) is 0 Å². The lowest BCUT2D eigenvalue weighted by atomic mass is 10.0. The molecule has 0 amide bonds. The molecule has 0 aliphatic rings. The van der Waals surface area contributed by atoms with Crippen LogP contribution in [0.2, 0.25) is 0 Å². The fourth-order valence-corrected chi connectivity index (χ4v) is 4.22. The van der Waals surface area contributed by atoms with Gasteiger partial charge < -0.3 is 5.32 Å². The zero-order valence-electron chi connectivity index (χ0n) is 10.6. The lowest BCUT2D eigenvalue weighted by molar-refractivity contribution is 0.634. The van der Waals surface area contributed by atoms with E-state index in [1.165, 1.54) is 11.1 Å². The number of hydrogen-bond acceptors (Lipinski definition) is 3. The maximum absolute atomic E-state index is 12.2. The Labute approximate surface area is 115 Å². The first-order valence-electron chi connectivity index (χ1n) is 5.87. The Morgan fingerprint density at radius 2 is 2.06 bits per heavy atom. The lowest BCUT2D eigenvalue weighted by Crippen LogP contribution is -2.23. The minimum absolute atomic E-state index is 0.133. The van der Waals surface area contributed by atoms with Gasteiger partial charge in [0.05, 0.1) is 15.0 Å². The molecule has 1 aromatic heterocycles. The summed E-state index contributed by atoms with van der Waals surface area (Å²) in [5.41, 5.74) is 2.46. The fraction of sp³-hybridized carbons (Fsp3) is 0.286. The topological polar surface area (TPSA) is 29.1 Å². The van der Waals surface area contributed by atoms with Gasteiger partial charge in [0, 0.05) is 11.8 Å². The standard InChI is InChI=1S/C14H17NOS2/c1-11-6-3-4-7-12(11)13(15-2)10-18(16)14-8-5-9-17-14/h3-9,13,15H,10H2,1-2H3. The molecule has 0 fully saturated rings. The third-order valence-corrected chi connectivity index (χ3v) is 5.68. The van der Waals surface area contributed by atoms with Crippen molar-refractivity contribution in [1.29, 1.82) is 0 Å². The molecule has 0 saturated heterocycles. The van der Waals surface area contributed by atoms with Gasteiger partial charge in [-0.05, 0) is 36.5 Å². The van der Waals surface area contributed by atoms with E-state index < -0.39 is 10.8 Å². The molecule has 18 heavy (non-hydrogen) atoms. The van der Waals surface area contributed by atoms with E-state index in [-0.39, 0.29) is 6.04 Å². The molecule has 2 nitrogen and oxygen atoms in total. The molecule has 0 radical (unpaired) electrons. The first kappa shape index (κ1) is 13.5. The number of rotatable bonds is 5. The average Bonchev–Trinajstić information content (AvgIpc) is 2.90. The summed E-state index contributed by atoms with van der Waals surface area (Å²) >= 11 is 1.55. The molecule has 1 heterocycles. The maximum Gasteiger partial charge on any atom is 0.0911 e. The van der Waals surface area contributed by atoms with Gasteiger partial charge in [-0.15, -0.1) is 11.3 Å². The molecular weight excluding hydrogens is 262 g/mol. The first-order chi connectivity index (χ1) is 8.72. The molecule has 1 N–H and O–H groups in total. The predicted molar refractivity (Wildman–Crippen MR) is 78.6 cm³/mol. The molecule has 2 atom stereocenters. The fourth-order valence-electron chi connectivity index (χ4n) is 1.93. The third kappa shape index (κ3) is 3.07. The van der Waals surface area contributed by atoms with Crippen molar-refractivity contribution in [2.24, 2.45) is 0 Å². The van der Waals surface area contributed by atoms with Crippen molar-refractivity contribution in [1.82, 2.24) is 5.32 Å². The van der Waals surface area contributed by atoms with Gasteiger partial charge in [0.25, 0.3) is 0 Å². The van der Waals surface area contributed by atoms with Crippen LogP contribution in [0.5, 0.6) is 0 Å². The molecular formula is C14H17NOS2. The summed E-state index contributed by atoms with van der Waals surface area (Å²) in [6.07, 6.45) is 0. The van der Waals surface area contributed by atoms with Crippen LogP contribution < -0.4 is 5.32 Å². The quantitative estimate of drug-likeness (QED) is 0.911. The van der Waals surface area contributed by atoms with Gasteiger partial charge in [0.15, 0.2) is 0 Å². The zero-order valence-corrected chi connectivity index (χ0v) is 12.2. The SMILES string of the molecule is CNC(CS(=O)c1cccs1)c1ccccc1C. The molecule has 1 aromatic carbocycles. The van der Waals surface area contributed by atoms with Crippen molar-refractivity contribution >= 4 is 22.1 Å². The maximum atomic E-state index is 12.2. The van der Waals surface area contributed by atoms with Crippen molar-refractivity contribution in [3.8, 4) is 0 Å². The van der Waals surface area contributed by atoms with Crippen LogP contribution in [-0.4, -0.2) is 17.0 Å². The second-order valence-corrected chi connectivity index (χ2v) is 6.81. The predicted octanol–water partition coefficient (Wildman–Crippen LogP) is 3.12. The van der Waals surface area contributed by atoms with Crippen molar-refractivity contribution in [2.75, 3.05) is 12.8 Å². The Kier molecular flexibility index (Phi) is 4.69. The average molecular weight is 279 g/mol. The third-order valence-electron chi connectivity index (χ3n) is 2.95. The van der Waals surface area contributed by atoms with Gasteiger partial charge in [-0.1, -0.05) is 30.3 Å². The van der Waals surface area contributed by atoms with Crippen LogP contribution >= 0.6 is 11.3 Å². The Morgan fingerprint density at radius 3 is 2.67 bits per heavy atom. The minimum atomic E-state index is -0.935. The van der Waals surface area contributed by atoms with Crippen molar-refractivity contribution in [3.63, 3.8) is 0 Å². The van der Waals surface area contributed by atoms with Gasteiger partial charge in [-0.2, -0.15) is 0 Å². The van der Waals surface area contributed by atoms with Gasteiger partial charge in [0.2, 0.25) is 0 Å². The van der Waals surface area contributed by atoms with E-state index in [1.54, 1.807) is 11.3 Å². The molecule has 0 saturated carbocycles. The van der Waals surface area contributed by atoms with Gasteiger partial charge in [0.1, 0.15) is 0 Å². The number of benzene rings is 1. The van der Waals surface area contributed by atoms with Crippen molar-refractivity contribution in [2.45, 2.75) is 17.2 Å². The van der Waals surface area contributed by atoms with E-state index in [0.29, 0.717) is 5.75 Å². The van der Waals surface area contributed by atoms with E-state index in [0.717, 1.165) is 4.21 Å². The normalized spacial score (nSPS) is 14.3. The number of nitrogens with one attached hydrogen (secondary N) is 1. The molecule has 0 aliphatic heterocycles. The van der Waals surface area contributed by atoms with Crippen LogP contribution in [0.4, 0.5) is 0 Å². The molecule has 2 rings (SSSR count). The highest BCUT2D eigenvalue weighted by Gasteiger charge is 2.16. The van der Waals surface area contributed by atoms with Crippen LogP contribution in [0.25, 0.3) is 0 Å². The molecule has 96 valence electrons. The van der Waals surface area contributed by atoms with Crippen LogP contribution in [0, 0.1) is 6.92 Å². The second-order valence-electron chi connectivity index (χ2n) is 4.14. The summed E-state index contributed by atoms with van der Waals surface area (Å²) in [4.78, 5) is 0. The van der Waals surface area contributed by atoms with Crippen LogP contribution in [0.1, 0.15) is 17.2 Å². The summed E-state index contributed by atoms with van der Waals surface area (Å²) in [7, 11) is 0.984. The smallest absolute Gasteiger partial charge is 0.0911 e. The largest absolute Gasteiger partial charge is 0.312 e. The number of hydrogen-bond donors (Lipinski definition) is 1. The molecule has 0 bridgehead atoms. The Bertz CT molecular complexity index is 522. The molecule has 2 aromatic rings. The highest BCUT2D eigenvalue weighted by molar-refractivity contribution is 7.87. The Hall–Kier alpha value is -0.970. The summed E-state index contributed by atoms with van der Waals surface area (Å²) < 4.78 is 13.2. The monoisotopic (exact) mass is 279 g/mol. The van der Waals surface area contributed by atoms with E-state index in [1.807, 2.05) is 36.7 Å². The van der Waals surface area contributed by atoms with Crippen LogP contribution in [0.15, 0.2) is 46.0 Å². The van der Waals surface area contributed by atoms with E-state index in [4.69, 9.17) is 0 Å². The first-order valence-corrected chi connectivity index (χ1v) is 8.07. The molecule has 2 unspecified atom stereocenters. The molecule has 0 spiro atoms. The lowest BCUT2D eigenvalue weighted by Gasteiger charge is -2.18. The molecule has 0 aliphatic carbocycles. The van der Waals surface area contributed by atoms with Crippen LogP contribution in [-0.2, 0) is 10.8 Å². The summed E-state index contributed by atoms with van der Waals surface area (Å²) in [5, 5.41) is 5.23. The Morgan fingerprint density at radius 1 is 1.28 bits per heavy atom. The minimum Gasteiger partial charge on any atom is -0.312 e. The van der Waals surface area contributed by atoms with E-state index in [9.17, 15) is 4.21 Å². The summed E-state index contributed by atoms with van der Waals surface area (Å²) in [5.74, 6) is 0.613. The van der Waals surface area contributed by atoms with E-state index >= 15 is 0 Å². The molecule has 4 heteroatoms. The second kappa shape index (κ2) is 6.27. The van der Waals surface area contributed by atoms with Gasteiger partial charge in [-0.3, -0.25) is 4.21 Å². The highest BCUT2D eigenvalue weighted by atomic mass is 32.2. The Balaban J connectivity index is 2.16. The summed E-state index contributed by atoms with van der Waals surface area (Å²) in [6, 6.07) is 12.3. The van der Waals surface area contributed by atoms with Crippen LogP contribution in [0.3, 0.4) is 0 Å². The number of aryl methyl sites for hydroxylation is 1. The number of thiophene rings is 1. The highest BCUT2D eigenvalue weighted by Crippen LogP contribution is 2.22. The van der Waals surface area contributed by atoms with Crippen molar-refractivity contribution < 1.29 is 4.21 Å². The van der Waals surface area contributed by atoms with Crippen molar-refractivity contribution in [3.05, 3.63) is 52.9 Å². The zero-order chi connectivity index (χ0) is 13.0. The van der Waals surface area contributed by atoms with Gasteiger partial charge >= 0.3 is 0 Å².